The van der Waals surface area contributed by atoms with E-state index in [1.54, 1.807) is 24.3 Å². The number of phenolic OH excluding ortho intramolecular Hbond substituents is 2. The molecule has 4 aromatic carbocycles. The minimum atomic E-state index is -2.41. The van der Waals surface area contributed by atoms with Crippen LogP contribution in [0.2, 0.25) is 0 Å². The number of ether oxygens (including phenoxy) is 4. The number of rotatable bonds is 19. The van der Waals surface area contributed by atoms with Crippen LogP contribution in [0, 0.1) is 0 Å². The van der Waals surface area contributed by atoms with Gasteiger partial charge in [-0.2, -0.15) is 0 Å². The summed E-state index contributed by atoms with van der Waals surface area (Å²) in [5.74, 6) is -6.03. The van der Waals surface area contributed by atoms with Crippen LogP contribution in [0.5, 0.6) is 23.0 Å². The highest BCUT2D eigenvalue weighted by atomic mass is 35.5. The number of ketones is 3. The Balaban J connectivity index is 0.00000533. The molecule has 0 aromatic heterocycles. The Kier molecular flexibility index (Phi) is 20.5. The van der Waals surface area contributed by atoms with Crippen LogP contribution < -0.4 is 42.2 Å². The molecule has 0 spiro atoms. The van der Waals surface area contributed by atoms with Crippen LogP contribution in [0.1, 0.15) is 101 Å². The van der Waals surface area contributed by atoms with E-state index in [1.807, 2.05) is 6.07 Å². The number of carbonyl (C=O) groups is 7. The number of phenols is 2. The maximum Gasteiger partial charge on any atom is 0.412 e. The van der Waals surface area contributed by atoms with Crippen LogP contribution in [-0.4, -0.2) is 135 Å². The topological polar surface area (TPSA) is 358 Å². The standard InChI is InChI=1S/C52H60N6O16.2ClH/c1-25(54)48(66)57-34(20-27-10-5-4-6-11-27)50(68)56-32(13-7-8-19-53)49(67)55-28-15-17-29(18-16-28)73-51(69)58-33-21-38(72-26(2)43(33)61)74-36-23-52(70,37(60)24-59)22-31-40(36)47(65)42-41(45(31)63)44(62)30-12-9-14-35(71-3)39(30)46(42)64;;/h4-6,9-12,14-18,25-26,32-34,36,38,43,59,61,63,65,70H,7-8,13,19-24,53-54H2,1-3H3,(H,55,67)(H,56,68)(H,57,66)(H,58,69);2*1H/t25-,26+,32+,33+,34+,36+,38+,43-,52+;;/m1../s1. The van der Waals surface area contributed by atoms with Crippen molar-refractivity contribution in [1.29, 1.82) is 0 Å². The zero-order valence-corrected chi connectivity index (χ0v) is 43.2. The minimum absolute atomic E-state index is 0. The van der Waals surface area contributed by atoms with Crippen molar-refractivity contribution in [2.75, 3.05) is 25.6 Å². The number of aromatic hydroxyl groups is 2. The molecular weight excluding hydrogens is 1040 g/mol. The highest BCUT2D eigenvalue weighted by molar-refractivity contribution is 6.31. The third-order valence-electron chi connectivity index (χ3n) is 13.3. The monoisotopic (exact) mass is 1100 g/mol. The van der Waals surface area contributed by atoms with E-state index < -0.39 is 138 Å². The van der Waals surface area contributed by atoms with E-state index in [4.69, 9.17) is 30.4 Å². The number of hydrogen-bond donors (Lipinski definition) is 11. The van der Waals surface area contributed by atoms with Gasteiger partial charge in [0, 0.05) is 48.1 Å². The maximum absolute atomic E-state index is 14.1. The number of Topliss-reactive ketones (excluding diaryl/α,β-unsaturated/α-hetero) is 1. The normalized spacial score (nSPS) is 21.6. The predicted octanol–water partition coefficient (Wildman–Crippen LogP) is 2.30. The molecular formula is C52H62Cl2N6O16. The maximum atomic E-state index is 14.1. The van der Waals surface area contributed by atoms with Gasteiger partial charge in [-0.05, 0) is 75.5 Å². The quantitative estimate of drug-likeness (QED) is 0.0417. The van der Waals surface area contributed by atoms with Crippen molar-refractivity contribution in [1.82, 2.24) is 16.0 Å². The van der Waals surface area contributed by atoms with Crippen molar-refractivity contribution in [2.24, 2.45) is 11.5 Å². The van der Waals surface area contributed by atoms with E-state index in [2.05, 4.69) is 21.3 Å². The van der Waals surface area contributed by atoms with E-state index in [0.29, 0.717) is 19.4 Å². The number of aliphatic hydroxyl groups excluding tert-OH is 2. The van der Waals surface area contributed by atoms with Crippen LogP contribution in [0.3, 0.4) is 0 Å². The number of nitrogens with two attached hydrogens (primary N) is 2. The lowest BCUT2D eigenvalue weighted by molar-refractivity contribution is -0.249. The molecule has 13 N–H and O–H groups in total. The van der Waals surface area contributed by atoms with E-state index >= 15 is 0 Å². The molecule has 0 bridgehead atoms. The molecule has 410 valence electrons. The zero-order chi connectivity index (χ0) is 53.6. The van der Waals surface area contributed by atoms with Gasteiger partial charge in [0.15, 0.2) is 17.9 Å². The largest absolute Gasteiger partial charge is 0.507 e. The second kappa shape index (κ2) is 25.9. The van der Waals surface area contributed by atoms with E-state index in [-0.39, 0.29) is 83.5 Å². The number of amides is 4. The third kappa shape index (κ3) is 13.1. The minimum Gasteiger partial charge on any atom is -0.507 e. The van der Waals surface area contributed by atoms with Gasteiger partial charge in [-0.15, -0.1) is 24.8 Å². The summed E-state index contributed by atoms with van der Waals surface area (Å²) in [5.41, 5.74) is 8.13. The highest BCUT2D eigenvalue weighted by Gasteiger charge is 2.50. The number of fused-ring (bicyclic) bond motifs is 3. The zero-order valence-electron chi connectivity index (χ0n) is 41.6. The first kappa shape index (κ1) is 60.1. The lowest BCUT2D eigenvalue weighted by Crippen LogP contribution is -2.56. The summed E-state index contributed by atoms with van der Waals surface area (Å²) in [7, 11) is 1.29. The third-order valence-corrected chi connectivity index (χ3v) is 13.3. The smallest absolute Gasteiger partial charge is 0.412 e. The van der Waals surface area contributed by atoms with Crippen molar-refractivity contribution >= 4 is 71.7 Å². The van der Waals surface area contributed by atoms with Crippen LogP contribution in [0.25, 0.3) is 0 Å². The van der Waals surface area contributed by atoms with Crippen molar-refractivity contribution in [3.63, 3.8) is 0 Å². The van der Waals surface area contributed by atoms with Gasteiger partial charge in [-0.3, -0.25) is 28.8 Å². The number of halogens is 2. The number of anilines is 1. The average Bonchev–Trinajstić information content (AvgIpc) is 3.37. The Labute approximate surface area is 449 Å². The molecule has 76 heavy (non-hydrogen) atoms. The van der Waals surface area contributed by atoms with Crippen molar-refractivity contribution in [2.45, 2.75) is 113 Å². The summed E-state index contributed by atoms with van der Waals surface area (Å²) < 4.78 is 23.0. The number of methoxy groups -OCH3 is 1. The van der Waals surface area contributed by atoms with E-state index in [1.165, 1.54) is 63.4 Å². The van der Waals surface area contributed by atoms with E-state index in [9.17, 15) is 59.1 Å². The Hall–Kier alpha value is -6.73. The van der Waals surface area contributed by atoms with Gasteiger partial charge in [0.1, 0.15) is 53.4 Å². The second-order valence-electron chi connectivity index (χ2n) is 18.5. The first-order valence-corrected chi connectivity index (χ1v) is 24.0. The molecule has 24 heteroatoms. The number of nitrogens with one attached hydrogen (secondary N) is 4. The number of aliphatic hydroxyl groups is 3. The Bertz CT molecular complexity index is 2800. The van der Waals surface area contributed by atoms with Crippen LogP contribution in [0.15, 0.2) is 72.8 Å². The van der Waals surface area contributed by atoms with Gasteiger partial charge in [0.2, 0.25) is 23.5 Å². The fourth-order valence-electron chi connectivity index (χ4n) is 9.38. The molecule has 1 saturated heterocycles. The summed E-state index contributed by atoms with van der Waals surface area (Å²) in [5, 5.41) is 66.9. The summed E-state index contributed by atoms with van der Waals surface area (Å²) in [4.78, 5) is 94.2. The second-order valence-corrected chi connectivity index (χ2v) is 18.5. The number of unbranched alkanes of at least 4 members (excludes halogenated alkanes) is 1. The Morgan fingerprint density at radius 2 is 1.53 bits per heavy atom. The Morgan fingerprint density at radius 1 is 0.855 bits per heavy atom. The van der Waals surface area contributed by atoms with Crippen LogP contribution in [-0.2, 0) is 41.5 Å². The van der Waals surface area contributed by atoms with Gasteiger partial charge < -0.3 is 77.2 Å². The first-order valence-electron chi connectivity index (χ1n) is 24.0. The summed E-state index contributed by atoms with van der Waals surface area (Å²) in [6.07, 6.45) is -6.52. The molecule has 9 atom stereocenters. The van der Waals surface area contributed by atoms with Gasteiger partial charge >= 0.3 is 6.09 Å². The molecule has 1 heterocycles. The predicted molar refractivity (Wildman–Crippen MR) is 277 cm³/mol. The summed E-state index contributed by atoms with van der Waals surface area (Å²) in [6.45, 7) is 2.19. The SMILES string of the molecule is COc1cccc2c1C(=O)c1c(O)c3c(c(O)c1C2=O)C[C@@](O)(C(=O)CO)C[C@@H]3O[C@H]1C[C@H](NC(=O)Oc2ccc(NC(=O)[C@H](CCCCN)NC(=O)[C@H](Cc3ccccc3)NC(=O)[C@@H](C)N)cc2)[C@H](O)[C@H](C)O1.Cl.Cl. The van der Waals surface area contributed by atoms with Gasteiger partial charge in [-0.25, -0.2) is 4.79 Å². The molecule has 1 fully saturated rings. The molecule has 4 aromatic rings. The van der Waals surface area contributed by atoms with Crippen molar-refractivity contribution in [3.8, 4) is 23.0 Å². The molecule has 0 unspecified atom stereocenters. The van der Waals surface area contributed by atoms with Gasteiger partial charge in [-0.1, -0.05) is 42.5 Å². The summed E-state index contributed by atoms with van der Waals surface area (Å²) in [6, 6.07) is 14.8. The fraction of sp³-hybridized carbons (Fsp3) is 0.404. The van der Waals surface area contributed by atoms with Gasteiger partial charge in [0.25, 0.3) is 0 Å². The van der Waals surface area contributed by atoms with Crippen molar-refractivity contribution < 1.29 is 78.0 Å². The average molecular weight is 1100 g/mol. The molecule has 0 radical (unpaired) electrons. The van der Waals surface area contributed by atoms with Crippen LogP contribution in [0.4, 0.5) is 10.5 Å². The number of benzene rings is 4. The molecule has 0 saturated carbocycles. The lowest BCUT2D eigenvalue weighted by Gasteiger charge is -2.42. The molecule has 1 aliphatic heterocycles. The summed E-state index contributed by atoms with van der Waals surface area (Å²) >= 11 is 0. The molecule has 2 aliphatic carbocycles. The fourth-order valence-corrected chi connectivity index (χ4v) is 9.38. The Morgan fingerprint density at radius 3 is 2.17 bits per heavy atom. The van der Waals surface area contributed by atoms with Crippen molar-refractivity contribution in [3.05, 3.63) is 112 Å². The first-order chi connectivity index (χ1) is 35.3. The molecule has 4 amide bonds. The highest BCUT2D eigenvalue weighted by Crippen LogP contribution is 2.52. The van der Waals surface area contributed by atoms with Crippen LogP contribution >= 0.6 is 24.8 Å². The number of hydrogen-bond acceptors (Lipinski definition) is 18. The van der Waals surface area contributed by atoms with Gasteiger partial charge in [0.05, 0.1) is 48.1 Å². The molecule has 7 rings (SSSR count). The lowest BCUT2D eigenvalue weighted by atomic mass is 9.72. The molecule has 3 aliphatic rings. The molecule has 22 nitrogen and oxygen atoms in total. The van der Waals surface area contributed by atoms with E-state index in [0.717, 1.165) is 5.56 Å². The number of carbonyl (C=O) groups excluding carboxylic acids is 7.